The van der Waals surface area contributed by atoms with E-state index in [9.17, 15) is 0 Å². The maximum Gasteiger partial charge on any atom is 0 e. The van der Waals surface area contributed by atoms with Gasteiger partial charge in [0, 0.05) is 298 Å². The van der Waals surface area contributed by atoms with Crippen molar-refractivity contribution < 1.29 is 0 Å². The summed E-state index contributed by atoms with van der Waals surface area (Å²) in [6, 6.07) is 0. The van der Waals surface area contributed by atoms with Gasteiger partial charge in [-0.2, -0.15) is 0 Å². The van der Waals surface area contributed by atoms with Gasteiger partial charge in [-0.3, -0.25) is 0 Å². The summed E-state index contributed by atoms with van der Waals surface area (Å²) in [5.41, 5.74) is 0. The van der Waals surface area contributed by atoms with Crippen molar-refractivity contribution in [2.75, 3.05) is 0 Å². The average Bonchev–Trinajstić information content (AvgIpc) is 3.02. The summed E-state index contributed by atoms with van der Waals surface area (Å²) in [6.45, 7) is 0. The molecule has 0 aromatic heterocycles. The molecule has 42 heavy (non-hydrogen) atoms. The van der Waals surface area contributed by atoms with Crippen molar-refractivity contribution in [1.29, 1.82) is 0 Å². The van der Waals surface area contributed by atoms with Gasteiger partial charge in [0.15, 0.2) is 0 Å². The molecule has 0 rings (SSSR count). The van der Waals surface area contributed by atoms with Crippen LogP contribution in [-0.2, 0) is 0 Å². The van der Waals surface area contributed by atoms with Crippen LogP contribution in [0.25, 0.3) is 0 Å². The Morgan fingerprint density at radius 3 is 0.643 bits per heavy atom. The van der Waals surface area contributed by atoms with Crippen LogP contribution >= 0.6 is 0 Å². The molecule has 0 bridgehead atoms. The van der Waals surface area contributed by atoms with Crippen molar-refractivity contribution >= 4 is 298 Å². The van der Waals surface area contributed by atoms with Gasteiger partial charge in [-0.25, -0.2) is 0 Å². The molecule has 0 amide bonds. The highest BCUT2D eigenvalue weighted by Gasteiger charge is 2.54. The van der Waals surface area contributed by atoms with Crippen LogP contribution in [0.3, 0.4) is 0 Å². The van der Waals surface area contributed by atoms with Gasteiger partial charge >= 0.3 is 0 Å². The molecule has 0 N–H and O–H groups in total. The normalized spacial score (nSPS) is 8.95. The first-order chi connectivity index (χ1) is 20.2. The minimum absolute atomic E-state index is 0.546. The fraction of sp³-hybridized carbons (Fsp3) is 0. The third-order valence-electron chi connectivity index (χ3n) is 8.44. The summed E-state index contributed by atoms with van der Waals surface area (Å²) in [5, 5.41) is 0. The quantitative estimate of drug-likeness (QED) is 0.114. The van der Waals surface area contributed by atoms with Gasteiger partial charge in [0.1, 0.15) is 0 Å². The van der Waals surface area contributed by atoms with Crippen LogP contribution < -0.4 is 0 Å². The first-order valence-electron chi connectivity index (χ1n) is 13.7. The molecule has 0 aromatic rings. The Balaban J connectivity index is 8.17. The second-order valence-corrected chi connectivity index (χ2v) is 10.2. The molecule has 0 aliphatic carbocycles. The van der Waals surface area contributed by atoms with Gasteiger partial charge in [-0.05, 0) is 0 Å². The first kappa shape index (κ1) is 44.7. The van der Waals surface area contributed by atoms with Gasteiger partial charge in [0.2, 0.25) is 0 Å². The van der Waals surface area contributed by atoms with Gasteiger partial charge in [0.05, 0.1) is 0 Å². The summed E-state index contributed by atoms with van der Waals surface area (Å²) >= 11 is 0. The van der Waals surface area contributed by atoms with E-state index in [0.717, 1.165) is 0 Å². The molecule has 0 nitrogen and oxygen atoms in total. The van der Waals surface area contributed by atoms with E-state index in [1.807, 2.05) is 0 Å². The summed E-state index contributed by atoms with van der Waals surface area (Å²) in [7, 11) is 113. The lowest BCUT2D eigenvalue weighted by atomic mass is 8.30. The zero-order valence-corrected chi connectivity index (χ0v) is 24.2. The van der Waals surface area contributed by atoms with Crippen LogP contribution in [0, 0.1) is 0 Å². The molecule has 0 unspecified atom stereocenters. The molecule has 0 aliphatic heterocycles. The van der Waals surface area contributed by atoms with Crippen LogP contribution in [-0.4, -0.2) is 298 Å². The van der Waals surface area contributed by atoms with E-state index in [2.05, 4.69) is 0 Å². The number of hydrogen-bond acceptors (Lipinski definition) is 0. The Morgan fingerprint density at radius 1 is 0.238 bits per heavy atom. The lowest BCUT2D eigenvalue weighted by Gasteiger charge is -2.52. The largest absolute Gasteiger partial charge is 0 e. The Kier molecular flexibility index (Phi) is 27.4. The highest BCUT2D eigenvalue weighted by atomic mass is 13.4. The molecule has 126 valence electrons. The second kappa shape index (κ2) is 25.7. The highest BCUT2D eigenvalue weighted by Crippen LogP contribution is 2.16. The van der Waals surface area contributed by atoms with Crippen molar-refractivity contribution in [2.24, 2.45) is 0 Å². The molecule has 0 atom stereocenters. The summed E-state index contributed by atoms with van der Waals surface area (Å²) in [5.74, 6) is 0. The molecule has 0 heterocycles. The molecule has 0 aliphatic rings. The minimum atomic E-state index is -0.751. The van der Waals surface area contributed by atoms with Crippen LogP contribution in [0.1, 0.15) is 0 Å². The fourth-order valence-electron chi connectivity index (χ4n) is 6.29. The number of rotatable bonds is 26. The van der Waals surface area contributed by atoms with E-state index >= 15 is 0 Å². The highest BCUT2D eigenvalue weighted by molar-refractivity contribution is 8.29. The van der Waals surface area contributed by atoms with E-state index < -0.39 is 83.0 Å². The summed E-state index contributed by atoms with van der Waals surface area (Å²) < 4.78 is 0. The average molecular weight is 454 g/mol. The molecule has 0 fully saturated rings. The molecular weight excluding hydrogens is 454 g/mol. The molecule has 44 radical (unpaired) electrons. The van der Waals surface area contributed by atoms with E-state index in [0.29, 0.717) is 0 Å². The van der Waals surface area contributed by atoms with Crippen molar-refractivity contribution in [3.8, 4) is 0 Å². The zero-order valence-electron chi connectivity index (χ0n) is 24.2. The Labute approximate surface area is 295 Å². The van der Waals surface area contributed by atoms with Crippen molar-refractivity contribution in [3.63, 3.8) is 0 Å². The number of hydrogen-bond donors (Lipinski definition) is 0. The smallest absolute Gasteiger partial charge is 0 e. The molecule has 0 spiro atoms. The third kappa shape index (κ3) is 12.0. The third-order valence-corrected chi connectivity index (χ3v) is 8.44. The van der Waals surface area contributed by atoms with E-state index in [4.69, 9.17) is 116 Å². The van der Waals surface area contributed by atoms with Crippen molar-refractivity contribution in [3.05, 3.63) is 0 Å². The van der Waals surface area contributed by atoms with E-state index in [1.165, 1.54) is 98.9 Å². The monoisotopic (exact) mass is 462 g/mol. The first-order valence-corrected chi connectivity index (χ1v) is 13.7. The van der Waals surface area contributed by atoms with Crippen molar-refractivity contribution in [1.82, 2.24) is 0 Å². The lowest BCUT2D eigenvalue weighted by Crippen LogP contribution is -2.90. The minimum Gasteiger partial charge on any atom is 0 e. The van der Waals surface area contributed by atoms with Gasteiger partial charge in [-0.1, -0.05) is 0 Å². The summed E-state index contributed by atoms with van der Waals surface area (Å²) in [6.07, 6.45) is -7.71. The molecule has 0 saturated carbocycles. The maximum absolute atomic E-state index is 6.56. The predicted octanol–water partition coefficient (Wildman–Crippen LogP) is -16.0. The topological polar surface area (TPSA) is 0 Å². The van der Waals surface area contributed by atoms with Crippen molar-refractivity contribution in [2.45, 2.75) is 0 Å². The van der Waals surface area contributed by atoms with Crippen LogP contribution in [0.4, 0.5) is 0 Å². The lowest BCUT2D eigenvalue weighted by molar-refractivity contribution is 3.24. The Bertz CT molecular complexity index is 571. The Morgan fingerprint density at radius 2 is 0.452 bits per heavy atom. The molecule has 0 saturated heterocycles. The maximum atomic E-state index is 6.56. The van der Waals surface area contributed by atoms with Crippen LogP contribution in [0.5, 0.6) is 0 Å². The van der Waals surface area contributed by atoms with Gasteiger partial charge in [0.25, 0.3) is 0 Å². The van der Waals surface area contributed by atoms with E-state index in [-0.39, 0.29) is 0 Å². The molecule has 42 heteroatoms. The summed E-state index contributed by atoms with van der Waals surface area (Å²) in [4.78, 5) is 0. The van der Waals surface area contributed by atoms with Crippen LogP contribution in [0.2, 0.25) is 0 Å². The zero-order chi connectivity index (χ0) is 32.4. The second-order valence-electron chi connectivity index (χ2n) is 10.2. The Hall–Kier alpha value is 2.73. The standard InChI is InChI=1S/B42/c1-16-30(15)35(25-10)40(36(26-11)31(17-2)18-3)42(39(29-14)34(23-8)24-9)41(37(27-12)32(19-4)20-5)38(28-13)33(21-6)22-7. The SMILES string of the molecule is [B][B]B([B])B([B][B])B(B([B][B])B([B][B])[B][B])B(B([B][B])B([B][B])[B][B])B(B([B][B])B([B][B])[B][B])B([B][B])B([B][B])[B][B]. The fourth-order valence-corrected chi connectivity index (χ4v) is 6.29. The predicted molar refractivity (Wildman–Crippen MR) is 242 cm³/mol. The van der Waals surface area contributed by atoms with E-state index in [1.54, 1.807) is 0 Å². The van der Waals surface area contributed by atoms with Crippen LogP contribution in [0.15, 0.2) is 0 Å². The van der Waals surface area contributed by atoms with Gasteiger partial charge < -0.3 is 0 Å². The van der Waals surface area contributed by atoms with Gasteiger partial charge in [-0.15, -0.1) is 0 Å². The molecular formula is B42. The molecule has 0 aromatic carbocycles.